The number of amides is 2. The Kier molecular flexibility index (Phi) is 5.76. The second-order valence-electron chi connectivity index (χ2n) is 7.30. The van der Waals surface area contributed by atoms with E-state index in [0.717, 1.165) is 29.7 Å². The molecule has 1 aromatic heterocycles. The number of benzene rings is 2. The SMILES string of the molecule is Cn1c(CCNC(=O)c2cccc(F)c2)nc2cc(NC(=O)[C@@H]3CCCO3)ccc21. The molecule has 1 fully saturated rings. The molecule has 2 heterocycles. The first kappa shape index (κ1) is 20.0. The minimum Gasteiger partial charge on any atom is -0.368 e. The van der Waals surface area contributed by atoms with Crippen LogP contribution in [0.4, 0.5) is 10.1 Å². The molecule has 2 amide bonds. The summed E-state index contributed by atoms with van der Waals surface area (Å²) in [4.78, 5) is 29.0. The molecule has 1 atom stereocenters. The summed E-state index contributed by atoms with van der Waals surface area (Å²) in [6.45, 7) is 0.992. The standard InChI is InChI=1S/C22H23FN4O3/c1-27-18-8-7-16(25-22(29)19-6-3-11-30-19)13-17(18)26-20(27)9-10-24-21(28)14-4-2-5-15(23)12-14/h2,4-5,7-8,12-13,19H,3,6,9-11H2,1H3,(H,24,28)(H,25,29)/t19-/m0/s1. The van der Waals surface area contributed by atoms with E-state index in [1.807, 2.05) is 29.8 Å². The van der Waals surface area contributed by atoms with Crippen LogP contribution in [0.5, 0.6) is 0 Å². The van der Waals surface area contributed by atoms with Crippen LogP contribution in [0.15, 0.2) is 42.5 Å². The molecule has 156 valence electrons. The summed E-state index contributed by atoms with van der Waals surface area (Å²) < 4.78 is 20.6. The number of hydrogen-bond acceptors (Lipinski definition) is 4. The molecule has 2 aromatic carbocycles. The first-order chi connectivity index (χ1) is 14.5. The highest BCUT2D eigenvalue weighted by atomic mass is 19.1. The largest absolute Gasteiger partial charge is 0.368 e. The first-order valence-corrected chi connectivity index (χ1v) is 9.93. The highest BCUT2D eigenvalue weighted by Gasteiger charge is 2.23. The maximum absolute atomic E-state index is 13.3. The lowest BCUT2D eigenvalue weighted by Crippen LogP contribution is -2.26. The van der Waals surface area contributed by atoms with Crippen molar-refractivity contribution in [1.82, 2.24) is 14.9 Å². The van der Waals surface area contributed by atoms with Crippen molar-refractivity contribution in [3.8, 4) is 0 Å². The minimum absolute atomic E-state index is 0.136. The minimum atomic E-state index is -0.444. The van der Waals surface area contributed by atoms with Crippen LogP contribution in [-0.2, 0) is 23.0 Å². The highest BCUT2D eigenvalue weighted by Crippen LogP contribution is 2.21. The number of fused-ring (bicyclic) bond motifs is 1. The van der Waals surface area contributed by atoms with E-state index in [1.54, 1.807) is 6.07 Å². The normalized spacial score (nSPS) is 16.0. The van der Waals surface area contributed by atoms with E-state index in [-0.39, 0.29) is 23.5 Å². The van der Waals surface area contributed by atoms with Crippen LogP contribution < -0.4 is 10.6 Å². The maximum Gasteiger partial charge on any atom is 0.253 e. The Labute approximate surface area is 173 Å². The van der Waals surface area contributed by atoms with E-state index in [4.69, 9.17) is 4.74 Å². The van der Waals surface area contributed by atoms with Crippen molar-refractivity contribution in [3.63, 3.8) is 0 Å². The molecule has 4 rings (SSSR count). The third-order valence-electron chi connectivity index (χ3n) is 5.18. The second-order valence-corrected chi connectivity index (χ2v) is 7.30. The van der Waals surface area contributed by atoms with Gasteiger partial charge in [-0.1, -0.05) is 6.07 Å². The van der Waals surface area contributed by atoms with Crippen LogP contribution in [0.3, 0.4) is 0 Å². The highest BCUT2D eigenvalue weighted by molar-refractivity contribution is 5.96. The lowest BCUT2D eigenvalue weighted by molar-refractivity contribution is -0.124. The third kappa shape index (κ3) is 4.33. The van der Waals surface area contributed by atoms with Crippen molar-refractivity contribution in [1.29, 1.82) is 0 Å². The molecule has 0 radical (unpaired) electrons. The number of halogens is 1. The van der Waals surface area contributed by atoms with Gasteiger partial charge < -0.3 is 19.9 Å². The predicted octanol–water partition coefficient (Wildman–Crippen LogP) is 2.80. The molecule has 0 saturated carbocycles. The number of carbonyl (C=O) groups excluding carboxylic acids is 2. The van der Waals surface area contributed by atoms with Gasteiger partial charge in [0.1, 0.15) is 17.7 Å². The van der Waals surface area contributed by atoms with E-state index in [2.05, 4.69) is 15.6 Å². The fourth-order valence-corrected chi connectivity index (χ4v) is 3.58. The number of rotatable bonds is 6. The molecule has 0 unspecified atom stereocenters. The van der Waals surface area contributed by atoms with Gasteiger partial charge in [-0.2, -0.15) is 0 Å². The van der Waals surface area contributed by atoms with E-state index >= 15 is 0 Å². The van der Waals surface area contributed by atoms with E-state index in [0.29, 0.717) is 25.3 Å². The van der Waals surface area contributed by atoms with Gasteiger partial charge in [0.25, 0.3) is 11.8 Å². The number of aryl methyl sites for hydroxylation is 1. The molecule has 0 aliphatic carbocycles. The molecule has 1 aliphatic heterocycles. The number of carbonyl (C=O) groups is 2. The van der Waals surface area contributed by atoms with Gasteiger partial charge in [0.2, 0.25) is 0 Å². The van der Waals surface area contributed by atoms with Crippen molar-refractivity contribution < 1.29 is 18.7 Å². The van der Waals surface area contributed by atoms with Crippen LogP contribution in [-0.4, -0.2) is 40.6 Å². The van der Waals surface area contributed by atoms with Gasteiger partial charge in [0.15, 0.2) is 0 Å². The van der Waals surface area contributed by atoms with Crippen LogP contribution in [0.25, 0.3) is 11.0 Å². The molecule has 0 spiro atoms. The smallest absolute Gasteiger partial charge is 0.253 e. The van der Waals surface area contributed by atoms with Crippen molar-refractivity contribution in [2.24, 2.45) is 7.05 Å². The monoisotopic (exact) mass is 410 g/mol. The molecule has 0 bridgehead atoms. The third-order valence-corrected chi connectivity index (χ3v) is 5.18. The summed E-state index contributed by atoms with van der Waals surface area (Å²) in [7, 11) is 1.91. The summed E-state index contributed by atoms with van der Waals surface area (Å²) >= 11 is 0. The van der Waals surface area contributed by atoms with Gasteiger partial charge in [-0.25, -0.2) is 9.37 Å². The Bertz CT molecular complexity index is 1090. The number of nitrogens with zero attached hydrogens (tertiary/aromatic N) is 2. The molecular formula is C22H23FN4O3. The number of hydrogen-bond donors (Lipinski definition) is 2. The first-order valence-electron chi connectivity index (χ1n) is 9.93. The van der Waals surface area contributed by atoms with Gasteiger partial charge in [0, 0.05) is 37.9 Å². The van der Waals surface area contributed by atoms with Crippen LogP contribution in [0, 0.1) is 5.82 Å². The fourth-order valence-electron chi connectivity index (χ4n) is 3.58. The van der Waals surface area contributed by atoms with E-state index < -0.39 is 5.82 Å². The summed E-state index contributed by atoms with van der Waals surface area (Å²) in [5.41, 5.74) is 2.64. The quantitative estimate of drug-likeness (QED) is 0.654. The Balaban J connectivity index is 1.40. The fraction of sp³-hybridized carbons (Fsp3) is 0.318. The van der Waals surface area contributed by atoms with Crippen molar-refractivity contribution in [3.05, 3.63) is 59.7 Å². The molecule has 8 heteroatoms. The molecule has 7 nitrogen and oxygen atoms in total. The number of aromatic nitrogens is 2. The number of imidazole rings is 1. The van der Waals surface area contributed by atoms with Gasteiger partial charge in [0.05, 0.1) is 11.0 Å². The average Bonchev–Trinajstić information content (AvgIpc) is 3.37. The Hall–Kier alpha value is -3.26. The predicted molar refractivity (Wildman–Crippen MR) is 111 cm³/mol. The molecule has 1 aliphatic rings. The van der Waals surface area contributed by atoms with Gasteiger partial charge >= 0.3 is 0 Å². The average molecular weight is 410 g/mol. The second kappa shape index (κ2) is 8.62. The van der Waals surface area contributed by atoms with Crippen molar-refractivity contribution in [2.75, 3.05) is 18.5 Å². The lowest BCUT2D eigenvalue weighted by Gasteiger charge is -2.10. The Morgan fingerprint density at radius 2 is 2.13 bits per heavy atom. The molecule has 3 aromatic rings. The zero-order valence-electron chi connectivity index (χ0n) is 16.7. The number of nitrogens with one attached hydrogen (secondary N) is 2. The van der Waals surface area contributed by atoms with Crippen LogP contribution >= 0.6 is 0 Å². The maximum atomic E-state index is 13.3. The van der Waals surface area contributed by atoms with Crippen LogP contribution in [0.1, 0.15) is 29.0 Å². The zero-order valence-corrected chi connectivity index (χ0v) is 16.7. The summed E-state index contributed by atoms with van der Waals surface area (Å²) in [6, 6.07) is 11.2. The molecule has 30 heavy (non-hydrogen) atoms. The van der Waals surface area contributed by atoms with E-state index in [1.165, 1.54) is 18.2 Å². The Morgan fingerprint density at radius 3 is 2.90 bits per heavy atom. The summed E-state index contributed by atoms with van der Waals surface area (Å²) in [6.07, 6.45) is 1.77. The molecular weight excluding hydrogens is 387 g/mol. The van der Waals surface area contributed by atoms with Gasteiger partial charge in [-0.05, 0) is 49.2 Å². The zero-order chi connectivity index (χ0) is 21.1. The lowest BCUT2D eigenvalue weighted by atomic mass is 10.2. The summed E-state index contributed by atoms with van der Waals surface area (Å²) in [5.74, 6) is -0.108. The summed E-state index contributed by atoms with van der Waals surface area (Å²) in [5, 5.41) is 5.67. The number of ether oxygens (including phenoxy) is 1. The number of anilines is 1. The van der Waals surface area contributed by atoms with Gasteiger partial charge in [-0.15, -0.1) is 0 Å². The van der Waals surface area contributed by atoms with Crippen molar-refractivity contribution >= 4 is 28.5 Å². The van der Waals surface area contributed by atoms with Gasteiger partial charge in [-0.3, -0.25) is 9.59 Å². The molecule has 2 N–H and O–H groups in total. The topological polar surface area (TPSA) is 85.3 Å². The van der Waals surface area contributed by atoms with E-state index in [9.17, 15) is 14.0 Å². The van der Waals surface area contributed by atoms with Crippen molar-refractivity contribution in [2.45, 2.75) is 25.4 Å². The van der Waals surface area contributed by atoms with Crippen LogP contribution in [0.2, 0.25) is 0 Å². The molecule has 1 saturated heterocycles. The Morgan fingerprint density at radius 1 is 1.27 bits per heavy atom.